The lowest BCUT2D eigenvalue weighted by molar-refractivity contribution is 0.475. The van der Waals surface area contributed by atoms with E-state index in [1.807, 2.05) is 0 Å². The Labute approximate surface area is 131 Å². The molecule has 0 saturated carbocycles. The number of benzene rings is 1. The number of hydrogen-bond donors (Lipinski definition) is 1. The minimum atomic E-state index is -3.41. The lowest BCUT2D eigenvalue weighted by Gasteiger charge is -2.05. The SMILES string of the molecule is CCCCCCS(=O)(=O)c1ncc(-c2ccc(O)cc2)cn1. The summed E-state index contributed by atoms with van der Waals surface area (Å²) in [5, 5.41) is 9.15. The summed E-state index contributed by atoms with van der Waals surface area (Å²) in [7, 11) is -3.41. The van der Waals surface area contributed by atoms with Gasteiger partial charge in [0.15, 0.2) is 0 Å². The van der Waals surface area contributed by atoms with Crippen molar-refractivity contribution in [3.63, 3.8) is 0 Å². The summed E-state index contributed by atoms with van der Waals surface area (Å²) in [6.45, 7) is 2.08. The molecule has 5 nitrogen and oxygen atoms in total. The van der Waals surface area contributed by atoms with E-state index >= 15 is 0 Å². The lowest BCUT2D eigenvalue weighted by Crippen LogP contribution is -2.10. The molecule has 0 aliphatic heterocycles. The van der Waals surface area contributed by atoms with Crippen LogP contribution < -0.4 is 0 Å². The van der Waals surface area contributed by atoms with E-state index in [0.717, 1.165) is 24.8 Å². The highest BCUT2D eigenvalue weighted by atomic mass is 32.2. The minimum absolute atomic E-state index is 0.0888. The molecule has 0 bridgehead atoms. The fourth-order valence-corrected chi connectivity index (χ4v) is 3.28. The lowest BCUT2D eigenvalue weighted by atomic mass is 10.1. The molecule has 0 spiro atoms. The maximum atomic E-state index is 12.1. The standard InChI is InChI=1S/C16H20N2O3S/c1-2-3-4-5-10-22(20,21)16-17-11-14(12-18-16)13-6-8-15(19)9-7-13/h6-9,11-12,19H,2-5,10H2,1H3. The monoisotopic (exact) mass is 320 g/mol. The number of phenolic OH excluding ortho intramolecular Hbond substituents is 1. The maximum Gasteiger partial charge on any atom is 0.247 e. The Kier molecular flexibility index (Phi) is 5.49. The van der Waals surface area contributed by atoms with Crippen LogP contribution in [0.5, 0.6) is 5.75 Å². The van der Waals surface area contributed by atoms with Crippen LogP contribution in [0.4, 0.5) is 0 Å². The molecule has 6 heteroatoms. The van der Waals surface area contributed by atoms with Crippen LogP contribution in [0.3, 0.4) is 0 Å². The number of hydrogen-bond acceptors (Lipinski definition) is 5. The van der Waals surface area contributed by atoms with Crippen molar-refractivity contribution in [2.45, 2.75) is 37.8 Å². The molecule has 0 amide bonds. The Morgan fingerprint density at radius 3 is 2.18 bits per heavy atom. The van der Waals surface area contributed by atoms with Gasteiger partial charge >= 0.3 is 0 Å². The summed E-state index contributed by atoms with van der Waals surface area (Å²) in [6.07, 6.45) is 6.64. The fourth-order valence-electron chi connectivity index (χ4n) is 2.09. The van der Waals surface area contributed by atoms with Crippen molar-refractivity contribution in [2.75, 3.05) is 5.75 Å². The molecule has 1 N–H and O–H groups in total. The van der Waals surface area contributed by atoms with Crippen molar-refractivity contribution in [3.05, 3.63) is 36.7 Å². The third kappa shape index (κ3) is 4.27. The topological polar surface area (TPSA) is 80.2 Å². The molecule has 1 aromatic carbocycles. The summed E-state index contributed by atoms with van der Waals surface area (Å²) < 4.78 is 24.3. The van der Waals surface area contributed by atoms with Gasteiger partial charge in [-0.05, 0) is 24.1 Å². The maximum absolute atomic E-state index is 12.1. The van der Waals surface area contributed by atoms with Gasteiger partial charge in [-0.1, -0.05) is 38.3 Å². The molecule has 2 aromatic rings. The van der Waals surface area contributed by atoms with Crippen LogP contribution in [0.2, 0.25) is 0 Å². The summed E-state index contributed by atoms with van der Waals surface area (Å²) in [6, 6.07) is 6.58. The van der Waals surface area contributed by atoms with Gasteiger partial charge in [-0.15, -0.1) is 0 Å². The van der Waals surface area contributed by atoms with Crippen molar-refractivity contribution in [2.24, 2.45) is 0 Å². The Morgan fingerprint density at radius 2 is 1.59 bits per heavy atom. The van der Waals surface area contributed by atoms with Crippen molar-refractivity contribution < 1.29 is 13.5 Å². The van der Waals surface area contributed by atoms with Gasteiger partial charge in [-0.3, -0.25) is 0 Å². The van der Waals surface area contributed by atoms with Gasteiger partial charge in [0.1, 0.15) is 5.75 Å². The number of phenols is 1. The van der Waals surface area contributed by atoms with Crippen LogP contribution in [-0.4, -0.2) is 29.2 Å². The van der Waals surface area contributed by atoms with Gasteiger partial charge in [-0.2, -0.15) is 0 Å². The molecule has 1 aromatic heterocycles. The Bertz CT molecular complexity index is 695. The van der Waals surface area contributed by atoms with Crippen LogP contribution in [0.1, 0.15) is 32.6 Å². The first-order valence-corrected chi connectivity index (χ1v) is 9.02. The van der Waals surface area contributed by atoms with E-state index in [0.29, 0.717) is 12.0 Å². The molecular weight excluding hydrogens is 300 g/mol. The number of unbranched alkanes of at least 4 members (excludes halogenated alkanes) is 3. The van der Waals surface area contributed by atoms with Gasteiger partial charge < -0.3 is 5.11 Å². The van der Waals surface area contributed by atoms with E-state index in [1.54, 1.807) is 24.3 Å². The summed E-state index contributed by atoms with van der Waals surface area (Å²) >= 11 is 0. The summed E-state index contributed by atoms with van der Waals surface area (Å²) in [4.78, 5) is 7.97. The van der Waals surface area contributed by atoms with Crippen molar-refractivity contribution in [1.82, 2.24) is 9.97 Å². The highest BCUT2D eigenvalue weighted by molar-refractivity contribution is 7.91. The molecule has 2 rings (SSSR count). The largest absolute Gasteiger partial charge is 0.508 e. The molecule has 0 saturated heterocycles. The number of aromatic hydroxyl groups is 1. The molecule has 0 atom stereocenters. The van der Waals surface area contributed by atoms with E-state index in [1.165, 1.54) is 12.4 Å². The summed E-state index contributed by atoms with van der Waals surface area (Å²) in [5.41, 5.74) is 1.54. The van der Waals surface area contributed by atoms with Crippen LogP contribution in [0.25, 0.3) is 11.1 Å². The zero-order valence-electron chi connectivity index (χ0n) is 12.6. The Balaban J connectivity index is 2.09. The Hall–Kier alpha value is -1.95. The smallest absolute Gasteiger partial charge is 0.247 e. The molecule has 0 aliphatic carbocycles. The van der Waals surface area contributed by atoms with E-state index in [-0.39, 0.29) is 16.7 Å². The van der Waals surface area contributed by atoms with Crippen molar-refractivity contribution in [1.29, 1.82) is 0 Å². The average molecular weight is 320 g/mol. The molecular formula is C16H20N2O3S. The third-order valence-corrected chi connectivity index (χ3v) is 4.97. The fraction of sp³-hybridized carbons (Fsp3) is 0.375. The average Bonchev–Trinajstić information content (AvgIpc) is 2.52. The van der Waals surface area contributed by atoms with Gasteiger partial charge in [0.2, 0.25) is 15.0 Å². The number of nitrogens with zero attached hydrogens (tertiary/aromatic N) is 2. The highest BCUT2D eigenvalue weighted by Crippen LogP contribution is 2.21. The molecule has 0 unspecified atom stereocenters. The highest BCUT2D eigenvalue weighted by Gasteiger charge is 2.17. The first-order valence-electron chi connectivity index (χ1n) is 7.37. The van der Waals surface area contributed by atoms with Gasteiger partial charge in [0.25, 0.3) is 0 Å². The first kappa shape index (κ1) is 16.4. The normalized spacial score (nSPS) is 11.5. The second kappa shape index (κ2) is 7.35. The third-order valence-electron chi connectivity index (χ3n) is 3.37. The molecule has 0 fully saturated rings. The quantitative estimate of drug-likeness (QED) is 0.626. The van der Waals surface area contributed by atoms with Gasteiger partial charge in [0.05, 0.1) is 5.75 Å². The number of aromatic nitrogens is 2. The van der Waals surface area contributed by atoms with Crippen LogP contribution in [-0.2, 0) is 9.84 Å². The molecule has 0 aliphatic rings. The minimum Gasteiger partial charge on any atom is -0.508 e. The number of sulfone groups is 1. The number of rotatable bonds is 7. The first-order chi connectivity index (χ1) is 10.5. The zero-order chi connectivity index (χ0) is 16.0. The zero-order valence-corrected chi connectivity index (χ0v) is 13.4. The van der Waals surface area contributed by atoms with Gasteiger partial charge in [0, 0.05) is 18.0 Å². The van der Waals surface area contributed by atoms with Gasteiger partial charge in [-0.25, -0.2) is 18.4 Å². The predicted molar refractivity (Wildman–Crippen MR) is 85.3 cm³/mol. The molecule has 1 heterocycles. The van der Waals surface area contributed by atoms with Crippen LogP contribution in [0.15, 0.2) is 41.8 Å². The molecule has 0 radical (unpaired) electrons. The van der Waals surface area contributed by atoms with E-state index in [4.69, 9.17) is 0 Å². The van der Waals surface area contributed by atoms with Crippen molar-refractivity contribution >= 4 is 9.84 Å². The Morgan fingerprint density at radius 1 is 0.955 bits per heavy atom. The van der Waals surface area contributed by atoms with Crippen LogP contribution in [0, 0.1) is 0 Å². The second-order valence-corrected chi connectivity index (χ2v) is 7.18. The van der Waals surface area contributed by atoms with Crippen LogP contribution >= 0.6 is 0 Å². The summed E-state index contributed by atoms with van der Waals surface area (Å²) in [5.74, 6) is 0.266. The second-order valence-electron chi connectivity index (χ2n) is 5.18. The van der Waals surface area contributed by atoms with E-state index in [9.17, 15) is 13.5 Å². The predicted octanol–water partition coefficient (Wildman–Crippen LogP) is 3.20. The van der Waals surface area contributed by atoms with E-state index < -0.39 is 9.84 Å². The molecule has 118 valence electrons. The molecule has 22 heavy (non-hydrogen) atoms. The van der Waals surface area contributed by atoms with Crippen molar-refractivity contribution in [3.8, 4) is 16.9 Å². The van der Waals surface area contributed by atoms with E-state index in [2.05, 4.69) is 16.9 Å².